The average Bonchev–Trinajstić information content (AvgIpc) is 2.92. The first kappa shape index (κ1) is 12.7. The molecule has 2 aromatic carbocycles. The average molecular weight is 299 g/mol. The number of para-hydroxylation sites is 3. The molecular weight excluding hydrogens is 284 g/mol. The molecule has 1 aromatic heterocycles. The molecule has 0 N–H and O–H groups in total. The number of aromatic nitrogens is 2. The molecule has 0 fully saturated rings. The first-order valence-electron chi connectivity index (χ1n) is 7.12. The zero-order valence-corrected chi connectivity index (χ0v) is 12.3. The Kier molecular flexibility index (Phi) is 3.08. The second-order valence-electron chi connectivity index (χ2n) is 5.21. The molecule has 0 radical (unpaired) electrons. The normalized spacial score (nSPS) is 17.5. The van der Waals surface area contributed by atoms with Gasteiger partial charge in [0.15, 0.2) is 0 Å². The molecule has 0 spiro atoms. The van der Waals surface area contributed by atoms with Crippen LogP contribution < -0.4 is 4.74 Å². The Morgan fingerprint density at radius 1 is 1.14 bits per heavy atom. The highest BCUT2D eigenvalue weighted by molar-refractivity contribution is 6.16. The number of rotatable bonds is 2. The lowest BCUT2D eigenvalue weighted by Crippen LogP contribution is -2.21. The van der Waals surface area contributed by atoms with Crippen LogP contribution in [0.5, 0.6) is 5.75 Å². The van der Waals surface area contributed by atoms with Crippen molar-refractivity contribution in [1.82, 2.24) is 9.55 Å². The van der Waals surface area contributed by atoms with Gasteiger partial charge in [-0.15, -0.1) is 11.6 Å². The summed E-state index contributed by atoms with van der Waals surface area (Å²) in [5.74, 6) is 2.29. The second-order valence-corrected chi connectivity index (χ2v) is 5.48. The highest BCUT2D eigenvalue weighted by atomic mass is 35.5. The second kappa shape index (κ2) is 5.08. The standard InChI is InChI=1S/C17H15ClN2O/c18-11-17-19-13-6-2-3-7-15(13)20(17)14-9-10-21-16-8-4-1-5-12(14)16/h1-8,14H,9-11H2. The molecule has 0 aliphatic carbocycles. The summed E-state index contributed by atoms with van der Waals surface area (Å²) in [5.41, 5.74) is 3.34. The van der Waals surface area contributed by atoms with Crippen LogP contribution in [0.2, 0.25) is 0 Å². The number of nitrogens with zero attached hydrogens (tertiary/aromatic N) is 2. The Hall–Kier alpha value is -2.00. The number of imidazole rings is 1. The van der Waals surface area contributed by atoms with Crippen molar-refractivity contribution in [2.75, 3.05) is 6.61 Å². The molecule has 1 atom stereocenters. The smallest absolute Gasteiger partial charge is 0.125 e. The molecule has 1 aliphatic heterocycles. The van der Waals surface area contributed by atoms with Crippen molar-refractivity contribution in [3.05, 3.63) is 59.9 Å². The summed E-state index contributed by atoms with van der Waals surface area (Å²) in [4.78, 5) is 4.67. The third-order valence-corrected chi connectivity index (χ3v) is 4.27. The molecule has 2 heterocycles. The van der Waals surface area contributed by atoms with Gasteiger partial charge in [0.2, 0.25) is 0 Å². The third kappa shape index (κ3) is 2.00. The Bertz CT molecular complexity index is 796. The summed E-state index contributed by atoms with van der Waals surface area (Å²) in [6.45, 7) is 0.718. The van der Waals surface area contributed by atoms with Crippen LogP contribution >= 0.6 is 11.6 Å². The molecule has 0 saturated carbocycles. The summed E-state index contributed by atoms with van der Waals surface area (Å²) in [7, 11) is 0. The van der Waals surface area contributed by atoms with Gasteiger partial charge in [-0.3, -0.25) is 0 Å². The van der Waals surface area contributed by atoms with Gasteiger partial charge in [0, 0.05) is 12.0 Å². The molecule has 4 rings (SSSR count). The number of benzene rings is 2. The third-order valence-electron chi connectivity index (χ3n) is 4.03. The lowest BCUT2D eigenvalue weighted by Gasteiger charge is -2.28. The summed E-state index contributed by atoms with van der Waals surface area (Å²) in [6.07, 6.45) is 0.932. The topological polar surface area (TPSA) is 27.1 Å². The molecular formula is C17H15ClN2O. The van der Waals surface area contributed by atoms with Crippen molar-refractivity contribution < 1.29 is 4.74 Å². The quantitative estimate of drug-likeness (QED) is 0.665. The predicted molar refractivity (Wildman–Crippen MR) is 84.0 cm³/mol. The number of fused-ring (bicyclic) bond motifs is 2. The highest BCUT2D eigenvalue weighted by Crippen LogP contribution is 2.37. The summed E-state index contributed by atoms with van der Waals surface area (Å²) in [5, 5.41) is 0. The highest BCUT2D eigenvalue weighted by Gasteiger charge is 2.26. The van der Waals surface area contributed by atoms with Gasteiger partial charge in [0.25, 0.3) is 0 Å². The van der Waals surface area contributed by atoms with Gasteiger partial charge in [-0.25, -0.2) is 4.98 Å². The number of ether oxygens (including phenoxy) is 1. The molecule has 0 saturated heterocycles. The van der Waals surface area contributed by atoms with E-state index in [1.165, 1.54) is 5.56 Å². The van der Waals surface area contributed by atoms with Crippen LogP contribution in [0.15, 0.2) is 48.5 Å². The van der Waals surface area contributed by atoms with Crippen molar-refractivity contribution in [1.29, 1.82) is 0 Å². The van der Waals surface area contributed by atoms with Crippen molar-refractivity contribution in [3.63, 3.8) is 0 Å². The van der Waals surface area contributed by atoms with E-state index in [0.29, 0.717) is 5.88 Å². The van der Waals surface area contributed by atoms with Crippen LogP contribution in [-0.2, 0) is 5.88 Å². The minimum absolute atomic E-state index is 0.232. The van der Waals surface area contributed by atoms with E-state index in [1.807, 2.05) is 30.3 Å². The molecule has 3 aromatic rings. The number of hydrogen-bond donors (Lipinski definition) is 0. The van der Waals surface area contributed by atoms with Crippen molar-refractivity contribution in [3.8, 4) is 5.75 Å². The molecule has 3 nitrogen and oxygen atoms in total. The zero-order chi connectivity index (χ0) is 14.2. The maximum Gasteiger partial charge on any atom is 0.125 e. The molecule has 1 aliphatic rings. The monoisotopic (exact) mass is 298 g/mol. The lowest BCUT2D eigenvalue weighted by atomic mass is 10.00. The van der Waals surface area contributed by atoms with Gasteiger partial charge in [0.05, 0.1) is 29.6 Å². The molecule has 1 unspecified atom stereocenters. The summed E-state index contributed by atoms with van der Waals surface area (Å²) in [6, 6.07) is 16.7. The van der Waals surface area contributed by atoms with E-state index in [2.05, 4.69) is 27.8 Å². The van der Waals surface area contributed by atoms with Crippen molar-refractivity contribution in [2.45, 2.75) is 18.3 Å². The van der Waals surface area contributed by atoms with Crippen LogP contribution in [-0.4, -0.2) is 16.2 Å². The predicted octanol–water partition coefficient (Wildman–Crippen LogP) is 4.15. The van der Waals surface area contributed by atoms with Crippen LogP contribution in [0, 0.1) is 0 Å². The Morgan fingerprint density at radius 3 is 2.86 bits per heavy atom. The van der Waals surface area contributed by atoms with Gasteiger partial charge in [0.1, 0.15) is 11.6 Å². The fourth-order valence-corrected chi connectivity index (χ4v) is 3.32. The summed E-state index contributed by atoms with van der Waals surface area (Å²) < 4.78 is 8.04. The van der Waals surface area contributed by atoms with E-state index in [4.69, 9.17) is 16.3 Å². The Balaban J connectivity index is 1.95. The van der Waals surface area contributed by atoms with Crippen LogP contribution in [0.3, 0.4) is 0 Å². The molecule has 0 bridgehead atoms. The van der Waals surface area contributed by atoms with E-state index in [-0.39, 0.29) is 6.04 Å². The zero-order valence-electron chi connectivity index (χ0n) is 11.5. The Labute approximate surface area is 128 Å². The minimum atomic E-state index is 0.232. The van der Waals surface area contributed by atoms with E-state index in [9.17, 15) is 0 Å². The van der Waals surface area contributed by atoms with Gasteiger partial charge >= 0.3 is 0 Å². The minimum Gasteiger partial charge on any atom is -0.493 e. The van der Waals surface area contributed by atoms with Crippen LogP contribution in [0.4, 0.5) is 0 Å². The first-order valence-corrected chi connectivity index (χ1v) is 7.65. The van der Waals surface area contributed by atoms with Gasteiger partial charge < -0.3 is 9.30 Å². The SMILES string of the molecule is ClCc1nc2ccccc2n1C1CCOc2ccccc21. The van der Waals surface area contributed by atoms with E-state index < -0.39 is 0 Å². The van der Waals surface area contributed by atoms with Crippen LogP contribution in [0.1, 0.15) is 23.9 Å². The fourth-order valence-electron chi connectivity index (χ4n) is 3.13. The summed E-state index contributed by atoms with van der Waals surface area (Å²) >= 11 is 6.14. The molecule has 0 amide bonds. The van der Waals surface area contributed by atoms with Crippen LogP contribution in [0.25, 0.3) is 11.0 Å². The van der Waals surface area contributed by atoms with Gasteiger partial charge in [-0.2, -0.15) is 0 Å². The molecule has 4 heteroatoms. The van der Waals surface area contributed by atoms with Gasteiger partial charge in [-0.05, 0) is 18.2 Å². The van der Waals surface area contributed by atoms with E-state index in [0.717, 1.165) is 35.6 Å². The fraction of sp³-hybridized carbons (Fsp3) is 0.235. The Morgan fingerprint density at radius 2 is 1.95 bits per heavy atom. The molecule has 21 heavy (non-hydrogen) atoms. The lowest BCUT2D eigenvalue weighted by molar-refractivity contribution is 0.257. The number of halogens is 1. The van der Waals surface area contributed by atoms with Gasteiger partial charge in [-0.1, -0.05) is 30.3 Å². The maximum absolute atomic E-state index is 6.14. The maximum atomic E-state index is 6.14. The number of hydrogen-bond acceptors (Lipinski definition) is 2. The van der Waals surface area contributed by atoms with Crippen molar-refractivity contribution >= 4 is 22.6 Å². The number of alkyl halides is 1. The first-order chi connectivity index (χ1) is 10.4. The van der Waals surface area contributed by atoms with E-state index >= 15 is 0 Å². The van der Waals surface area contributed by atoms with Crippen molar-refractivity contribution in [2.24, 2.45) is 0 Å². The largest absolute Gasteiger partial charge is 0.493 e. The molecule has 106 valence electrons. The van der Waals surface area contributed by atoms with E-state index in [1.54, 1.807) is 0 Å².